The molecule has 3 aromatic rings. The van der Waals surface area contributed by atoms with Gasteiger partial charge in [-0.2, -0.15) is 0 Å². The molecule has 124 valence electrons. The lowest BCUT2D eigenvalue weighted by Gasteiger charge is -2.19. The fraction of sp³-hybridized carbons (Fsp3) is 0.333. The van der Waals surface area contributed by atoms with Gasteiger partial charge in [-0.25, -0.2) is 0 Å². The van der Waals surface area contributed by atoms with Crippen molar-refractivity contribution in [3.8, 4) is 0 Å². The lowest BCUT2D eigenvalue weighted by Crippen LogP contribution is -2.06. The number of rotatable bonds is 0. The zero-order chi connectivity index (χ0) is 17.1. The first-order valence-electron chi connectivity index (χ1n) is 9.11. The number of benzene rings is 3. The third kappa shape index (κ3) is 3.38. The lowest BCUT2D eigenvalue weighted by atomic mass is 9.86. The molecule has 3 aromatic carbocycles. The molecule has 0 aliphatic heterocycles. The molecule has 0 heteroatoms. The molecule has 1 aliphatic carbocycles. The minimum absolute atomic E-state index is 1.31. The maximum absolute atomic E-state index is 2.26. The van der Waals surface area contributed by atoms with Crippen LogP contribution in [0.4, 0.5) is 0 Å². The van der Waals surface area contributed by atoms with Crippen LogP contribution in [0.25, 0.3) is 10.8 Å². The lowest BCUT2D eigenvalue weighted by molar-refractivity contribution is 0.678. The highest BCUT2D eigenvalue weighted by Crippen LogP contribution is 2.26. The second-order valence-corrected chi connectivity index (χ2v) is 7.11. The van der Waals surface area contributed by atoms with Gasteiger partial charge in [0.05, 0.1) is 0 Å². The number of hydrogen-bond donors (Lipinski definition) is 0. The van der Waals surface area contributed by atoms with Crippen LogP contribution in [0.2, 0.25) is 0 Å². The summed E-state index contributed by atoms with van der Waals surface area (Å²) in [4.78, 5) is 0. The average molecular weight is 316 g/mol. The summed E-state index contributed by atoms with van der Waals surface area (Å²) < 4.78 is 0. The van der Waals surface area contributed by atoms with E-state index in [4.69, 9.17) is 0 Å². The molecular formula is C24H28. The first-order chi connectivity index (χ1) is 11.6. The van der Waals surface area contributed by atoms with Gasteiger partial charge in [-0.1, -0.05) is 48.5 Å². The Morgan fingerprint density at radius 2 is 0.875 bits per heavy atom. The van der Waals surface area contributed by atoms with Crippen molar-refractivity contribution >= 4 is 10.8 Å². The van der Waals surface area contributed by atoms with E-state index >= 15 is 0 Å². The molecular weight excluding hydrogens is 288 g/mol. The summed E-state index contributed by atoms with van der Waals surface area (Å²) in [6.07, 6.45) is 5.39. The van der Waals surface area contributed by atoms with Gasteiger partial charge in [-0.3, -0.25) is 0 Å². The van der Waals surface area contributed by atoms with E-state index in [1.165, 1.54) is 58.7 Å². The highest BCUT2D eigenvalue weighted by molar-refractivity contribution is 5.88. The Morgan fingerprint density at radius 3 is 1.29 bits per heavy atom. The fourth-order valence-electron chi connectivity index (χ4n) is 3.83. The fourth-order valence-corrected chi connectivity index (χ4v) is 3.83. The first kappa shape index (κ1) is 16.8. The summed E-state index contributed by atoms with van der Waals surface area (Å²) in [6.45, 7) is 8.79. The van der Waals surface area contributed by atoms with Gasteiger partial charge in [0.1, 0.15) is 0 Å². The summed E-state index contributed by atoms with van der Waals surface area (Å²) in [5, 5.41) is 2.75. The molecule has 0 bridgehead atoms. The summed E-state index contributed by atoms with van der Waals surface area (Å²) in [5.41, 5.74) is 8.99. The van der Waals surface area contributed by atoms with Crippen LogP contribution in [0.1, 0.15) is 46.2 Å². The predicted octanol–water partition coefficient (Wildman–Crippen LogP) is 6.64. The predicted molar refractivity (Wildman–Crippen MR) is 106 cm³/mol. The molecule has 0 fully saturated rings. The minimum Gasteiger partial charge on any atom is -0.0616 e. The summed E-state index contributed by atoms with van der Waals surface area (Å²) >= 11 is 0. The van der Waals surface area contributed by atoms with E-state index in [2.05, 4.69) is 76.2 Å². The Balaban J connectivity index is 0.000000141. The Hall–Kier alpha value is -2.08. The van der Waals surface area contributed by atoms with Gasteiger partial charge in [-0.15, -0.1) is 0 Å². The van der Waals surface area contributed by atoms with Crippen molar-refractivity contribution in [2.45, 2.75) is 53.4 Å². The van der Waals surface area contributed by atoms with Gasteiger partial charge in [0.2, 0.25) is 0 Å². The summed E-state index contributed by atoms with van der Waals surface area (Å²) in [7, 11) is 0. The molecule has 0 saturated carbocycles. The minimum atomic E-state index is 1.31. The molecule has 0 nitrogen and oxygen atoms in total. The van der Waals surface area contributed by atoms with Crippen LogP contribution in [0.3, 0.4) is 0 Å². The first-order valence-corrected chi connectivity index (χ1v) is 9.11. The van der Waals surface area contributed by atoms with Crippen molar-refractivity contribution < 1.29 is 0 Å². The second kappa shape index (κ2) is 7.21. The zero-order valence-electron chi connectivity index (χ0n) is 15.4. The van der Waals surface area contributed by atoms with Crippen LogP contribution in [0.5, 0.6) is 0 Å². The third-order valence-corrected chi connectivity index (χ3v) is 5.36. The Morgan fingerprint density at radius 1 is 0.500 bits per heavy atom. The molecule has 0 saturated heterocycles. The SMILES string of the molecule is Cc1ccc(C)c2c1CCCC2.Cc1ccc(C)c2ccccc12. The molecule has 0 aromatic heterocycles. The second-order valence-electron chi connectivity index (χ2n) is 7.11. The number of fused-ring (bicyclic) bond motifs is 2. The highest BCUT2D eigenvalue weighted by atomic mass is 14.2. The molecule has 0 spiro atoms. The average Bonchev–Trinajstić information content (AvgIpc) is 2.63. The van der Waals surface area contributed by atoms with Gasteiger partial charge in [-0.05, 0) is 97.5 Å². The van der Waals surface area contributed by atoms with Crippen LogP contribution < -0.4 is 0 Å². The van der Waals surface area contributed by atoms with Gasteiger partial charge < -0.3 is 0 Å². The van der Waals surface area contributed by atoms with Crippen molar-refractivity contribution in [1.82, 2.24) is 0 Å². The molecule has 0 radical (unpaired) electrons. The molecule has 0 heterocycles. The molecule has 1 aliphatic rings. The number of hydrogen-bond acceptors (Lipinski definition) is 0. The Kier molecular flexibility index (Phi) is 5.04. The molecule has 4 rings (SSSR count). The van der Waals surface area contributed by atoms with Crippen molar-refractivity contribution in [1.29, 1.82) is 0 Å². The number of aryl methyl sites for hydroxylation is 4. The molecule has 0 unspecified atom stereocenters. The van der Waals surface area contributed by atoms with Crippen LogP contribution in [-0.2, 0) is 12.8 Å². The molecule has 24 heavy (non-hydrogen) atoms. The van der Waals surface area contributed by atoms with E-state index < -0.39 is 0 Å². The normalized spacial score (nSPS) is 13.2. The third-order valence-electron chi connectivity index (χ3n) is 5.36. The quantitative estimate of drug-likeness (QED) is 0.436. The Labute approximate surface area is 146 Å². The smallest absolute Gasteiger partial charge is 0.0152 e. The van der Waals surface area contributed by atoms with Crippen molar-refractivity contribution in [2.24, 2.45) is 0 Å². The van der Waals surface area contributed by atoms with E-state index in [-0.39, 0.29) is 0 Å². The van der Waals surface area contributed by atoms with E-state index in [0.29, 0.717) is 0 Å². The van der Waals surface area contributed by atoms with Gasteiger partial charge in [0.25, 0.3) is 0 Å². The van der Waals surface area contributed by atoms with Crippen LogP contribution in [0.15, 0.2) is 48.5 Å². The van der Waals surface area contributed by atoms with E-state index in [9.17, 15) is 0 Å². The topological polar surface area (TPSA) is 0 Å². The maximum Gasteiger partial charge on any atom is -0.0152 e. The van der Waals surface area contributed by atoms with Crippen molar-refractivity contribution in [3.05, 3.63) is 81.9 Å². The van der Waals surface area contributed by atoms with Gasteiger partial charge >= 0.3 is 0 Å². The molecule has 0 N–H and O–H groups in total. The zero-order valence-corrected chi connectivity index (χ0v) is 15.4. The van der Waals surface area contributed by atoms with Crippen molar-refractivity contribution in [2.75, 3.05) is 0 Å². The molecule has 0 amide bonds. The van der Waals surface area contributed by atoms with Crippen molar-refractivity contribution in [3.63, 3.8) is 0 Å². The summed E-state index contributed by atoms with van der Waals surface area (Å²) in [5.74, 6) is 0. The van der Waals surface area contributed by atoms with Crippen LogP contribution in [0, 0.1) is 27.7 Å². The van der Waals surface area contributed by atoms with E-state index in [1.54, 1.807) is 11.1 Å². The van der Waals surface area contributed by atoms with Crippen LogP contribution in [-0.4, -0.2) is 0 Å². The maximum atomic E-state index is 2.26. The Bertz CT molecular complexity index is 784. The summed E-state index contributed by atoms with van der Waals surface area (Å²) in [6, 6.07) is 17.4. The largest absolute Gasteiger partial charge is 0.0616 e. The standard InChI is InChI=1S/C12H16.C12H12/c2*1-9-7-8-10(2)12-6-4-3-5-11(9)12/h7-8H,3-6H2,1-2H3;3-8H,1-2H3. The highest BCUT2D eigenvalue weighted by Gasteiger charge is 2.12. The van der Waals surface area contributed by atoms with Crippen LogP contribution >= 0.6 is 0 Å². The van der Waals surface area contributed by atoms with Gasteiger partial charge in [0, 0.05) is 0 Å². The van der Waals surface area contributed by atoms with Gasteiger partial charge in [0.15, 0.2) is 0 Å². The molecule has 0 atom stereocenters. The monoisotopic (exact) mass is 316 g/mol. The van der Waals surface area contributed by atoms with E-state index in [0.717, 1.165) is 0 Å². The van der Waals surface area contributed by atoms with E-state index in [1.807, 2.05) is 0 Å².